The van der Waals surface area contributed by atoms with Crippen LogP contribution in [0.4, 0.5) is 13.2 Å². The number of halogens is 3. The Kier molecular flexibility index (Phi) is 4.36. The van der Waals surface area contributed by atoms with Gasteiger partial charge in [0, 0.05) is 16.7 Å². The fourth-order valence-electron chi connectivity index (χ4n) is 4.39. The lowest BCUT2D eigenvalue weighted by molar-refractivity contribution is -0.930. The zero-order valence-corrected chi connectivity index (χ0v) is 16.2. The van der Waals surface area contributed by atoms with Gasteiger partial charge in [0.15, 0.2) is 0 Å². The van der Waals surface area contributed by atoms with Gasteiger partial charge in [0.25, 0.3) is 0 Å². The van der Waals surface area contributed by atoms with Crippen LogP contribution in [0.25, 0.3) is 0 Å². The van der Waals surface area contributed by atoms with Crippen molar-refractivity contribution >= 4 is 8.07 Å². The summed E-state index contributed by atoms with van der Waals surface area (Å²) in [5.74, 6) is 0. The molecule has 0 amide bonds. The number of fused-ring (bicyclic) bond motifs is 1. The van der Waals surface area contributed by atoms with E-state index in [-0.39, 0.29) is 6.04 Å². The van der Waals surface area contributed by atoms with E-state index in [2.05, 4.69) is 38.8 Å². The molecular formula is C20H25F3NSi+. The van der Waals surface area contributed by atoms with E-state index in [9.17, 15) is 13.2 Å². The summed E-state index contributed by atoms with van der Waals surface area (Å²) in [6, 6.07) is 14.2. The molecule has 25 heavy (non-hydrogen) atoms. The fraction of sp³-hybridized carbons (Fsp3) is 0.400. The molecule has 1 aliphatic rings. The zero-order chi connectivity index (χ0) is 18.5. The second kappa shape index (κ2) is 5.99. The molecule has 2 aromatic rings. The number of alkyl halides is 3. The van der Waals surface area contributed by atoms with Crippen molar-refractivity contribution < 1.29 is 17.7 Å². The van der Waals surface area contributed by atoms with Crippen molar-refractivity contribution in [3.8, 4) is 0 Å². The van der Waals surface area contributed by atoms with Crippen LogP contribution in [0.15, 0.2) is 48.5 Å². The Hall–Kier alpha value is -1.59. The van der Waals surface area contributed by atoms with Gasteiger partial charge in [-0.25, -0.2) is 0 Å². The van der Waals surface area contributed by atoms with Crippen LogP contribution in [0.5, 0.6) is 0 Å². The minimum atomic E-state index is -4.29. The molecule has 0 unspecified atom stereocenters. The van der Waals surface area contributed by atoms with Gasteiger partial charge in [-0.1, -0.05) is 56.0 Å². The van der Waals surface area contributed by atoms with Gasteiger partial charge < -0.3 is 4.48 Å². The molecular weight excluding hydrogens is 339 g/mol. The Morgan fingerprint density at radius 2 is 1.60 bits per heavy atom. The molecule has 3 rings (SSSR count). The molecule has 0 saturated heterocycles. The third kappa shape index (κ3) is 3.67. The Morgan fingerprint density at radius 3 is 2.16 bits per heavy atom. The lowest BCUT2D eigenvalue weighted by Gasteiger charge is -2.40. The van der Waals surface area contributed by atoms with E-state index in [0.717, 1.165) is 22.8 Å². The van der Waals surface area contributed by atoms with Gasteiger partial charge in [-0.3, -0.25) is 0 Å². The maximum absolute atomic E-state index is 12.9. The monoisotopic (exact) mass is 364 g/mol. The summed E-state index contributed by atoms with van der Waals surface area (Å²) >= 11 is 0. The minimum Gasteiger partial charge on any atom is -0.316 e. The van der Waals surface area contributed by atoms with Gasteiger partial charge in [0.05, 0.1) is 18.8 Å². The van der Waals surface area contributed by atoms with E-state index in [1.165, 1.54) is 23.3 Å². The molecule has 0 aliphatic carbocycles. The number of hydrogen-bond acceptors (Lipinski definition) is 0. The minimum absolute atomic E-state index is 0.102. The first-order chi connectivity index (χ1) is 11.5. The summed E-state index contributed by atoms with van der Waals surface area (Å²) in [6.45, 7) is 7.99. The Balaban J connectivity index is 2.06. The van der Waals surface area contributed by atoms with E-state index in [1.807, 2.05) is 12.1 Å². The van der Waals surface area contributed by atoms with Crippen LogP contribution in [0.2, 0.25) is 19.6 Å². The van der Waals surface area contributed by atoms with E-state index in [1.54, 1.807) is 12.1 Å². The Labute approximate surface area is 148 Å². The molecule has 0 spiro atoms. The standard InChI is InChI=1S/C20H25F3NSi/c1-24(14-25(2,3)4)13-16-7-5-6-8-18(16)19(24)15-9-11-17(12-10-15)20(21,22)23/h5-12,19H,13-14H2,1-4H3/q+1/t19-,24-/m0/s1. The number of nitrogens with zero attached hydrogens (tertiary/aromatic N) is 1. The lowest BCUT2D eigenvalue weighted by atomic mass is 9.96. The van der Waals surface area contributed by atoms with Crippen molar-refractivity contribution in [2.24, 2.45) is 0 Å². The van der Waals surface area contributed by atoms with Crippen molar-refractivity contribution in [3.05, 3.63) is 70.8 Å². The third-order valence-electron chi connectivity index (χ3n) is 4.89. The molecule has 0 saturated carbocycles. The number of benzene rings is 2. The highest BCUT2D eigenvalue weighted by atomic mass is 28.3. The second-order valence-corrected chi connectivity index (χ2v) is 14.0. The molecule has 1 aliphatic heterocycles. The maximum Gasteiger partial charge on any atom is 0.416 e. The first kappa shape index (κ1) is 18.2. The molecule has 2 aromatic carbocycles. The van der Waals surface area contributed by atoms with Crippen LogP contribution < -0.4 is 0 Å². The predicted molar refractivity (Wildman–Crippen MR) is 97.8 cm³/mol. The average molecular weight is 365 g/mol. The van der Waals surface area contributed by atoms with Crippen molar-refractivity contribution in [1.29, 1.82) is 0 Å². The molecule has 0 fully saturated rings. The van der Waals surface area contributed by atoms with Crippen LogP contribution >= 0.6 is 0 Å². The van der Waals surface area contributed by atoms with Gasteiger partial charge >= 0.3 is 6.18 Å². The van der Waals surface area contributed by atoms with E-state index < -0.39 is 19.8 Å². The molecule has 1 heterocycles. The van der Waals surface area contributed by atoms with Crippen molar-refractivity contribution in [2.45, 2.75) is 38.4 Å². The van der Waals surface area contributed by atoms with Crippen LogP contribution in [0.3, 0.4) is 0 Å². The highest BCUT2D eigenvalue weighted by Crippen LogP contribution is 2.44. The highest BCUT2D eigenvalue weighted by Gasteiger charge is 2.45. The highest BCUT2D eigenvalue weighted by molar-refractivity contribution is 6.76. The molecule has 0 radical (unpaired) electrons. The van der Waals surface area contributed by atoms with Gasteiger partial charge in [-0.05, 0) is 12.1 Å². The number of quaternary nitrogens is 1. The zero-order valence-electron chi connectivity index (χ0n) is 15.2. The van der Waals surface area contributed by atoms with E-state index in [4.69, 9.17) is 0 Å². The molecule has 0 aromatic heterocycles. The SMILES string of the molecule is C[N@@+]1(C[Si](C)(C)C)Cc2ccccc2[C@@H]1c1ccc(C(F)(F)F)cc1. The third-order valence-corrected chi connectivity index (χ3v) is 6.56. The topological polar surface area (TPSA) is 0 Å². The van der Waals surface area contributed by atoms with Crippen LogP contribution in [-0.2, 0) is 12.7 Å². The normalized spacial score (nSPS) is 23.6. The number of rotatable bonds is 3. The molecule has 2 atom stereocenters. The molecule has 0 N–H and O–H groups in total. The van der Waals surface area contributed by atoms with Crippen molar-refractivity contribution in [2.75, 3.05) is 13.2 Å². The molecule has 134 valence electrons. The lowest BCUT2D eigenvalue weighted by Crippen LogP contribution is -2.52. The van der Waals surface area contributed by atoms with E-state index in [0.29, 0.717) is 0 Å². The quantitative estimate of drug-likeness (QED) is 0.489. The van der Waals surface area contributed by atoms with Crippen molar-refractivity contribution in [1.82, 2.24) is 0 Å². The summed E-state index contributed by atoms with van der Waals surface area (Å²) in [7, 11) is 0.894. The van der Waals surface area contributed by atoms with E-state index >= 15 is 0 Å². The summed E-state index contributed by atoms with van der Waals surface area (Å²) in [4.78, 5) is 0. The maximum atomic E-state index is 12.9. The first-order valence-electron chi connectivity index (χ1n) is 8.59. The van der Waals surface area contributed by atoms with Gasteiger partial charge in [-0.15, -0.1) is 0 Å². The second-order valence-electron chi connectivity index (χ2n) is 8.58. The fourth-order valence-corrected chi connectivity index (χ4v) is 6.85. The summed E-state index contributed by atoms with van der Waals surface area (Å²) in [5.41, 5.74) is 2.96. The first-order valence-corrected chi connectivity index (χ1v) is 12.3. The Bertz CT molecular complexity index is 762. The smallest absolute Gasteiger partial charge is 0.316 e. The summed E-state index contributed by atoms with van der Waals surface area (Å²) in [5, 5.41) is 0. The molecule has 1 nitrogen and oxygen atoms in total. The molecule has 0 bridgehead atoms. The largest absolute Gasteiger partial charge is 0.416 e. The van der Waals surface area contributed by atoms with Gasteiger partial charge in [-0.2, -0.15) is 13.2 Å². The molecule has 5 heteroatoms. The average Bonchev–Trinajstić information content (AvgIpc) is 2.75. The predicted octanol–water partition coefficient (Wildman–Crippen LogP) is 5.63. The van der Waals surface area contributed by atoms with Crippen molar-refractivity contribution in [3.63, 3.8) is 0 Å². The van der Waals surface area contributed by atoms with Crippen LogP contribution in [0.1, 0.15) is 28.3 Å². The number of hydrogen-bond donors (Lipinski definition) is 0. The Morgan fingerprint density at radius 1 is 1.00 bits per heavy atom. The van der Waals surface area contributed by atoms with Crippen LogP contribution in [-0.4, -0.2) is 25.8 Å². The summed E-state index contributed by atoms with van der Waals surface area (Å²) < 4.78 is 39.6. The van der Waals surface area contributed by atoms with Gasteiger partial charge in [0.1, 0.15) is 20.7 Å². The summed E-state index contributed by atoms with van der Waals surface area (Å²) in [6.07, 6.45) is -3.20. The van der Waals surface area contributed by atoms with Crippen LogP contribution in [0, 0.1) is 0 Å². The van der Waals surface area contributed by atoms with Gasteiger partial charge in [0.2, 0.25) is 0 Å².